The number of benzene rings is 1. The summed E-state index contributed by atoms with van der Waals surface area (Å²) >= 11 is 3.56. The molecule has 0 bridgehead atoms. The summed E-state index contributed by atoms with van der Waals surface area (Å²) in [6, 6.07) is 13.9. The molecule has 0 radical (unpaired) electrons. The van der Waals surface area contributed by atoms with E-state index in [2.05, 4.69) is 46.0 Å². The molecular formula is C26H26BrN9O. The maximum absolute atomic E-state index is 6.25. The standard InChI is InChI=1S/C26H26BrN9O/c27-18-5-3-4-17(14-18)19-15-21(31-26-24(19)25(28)29-16-30-26)20-7-8-22(33-32-20)36-9-2-1-6-23(36)34-35-10-12-37-13-11-35/h3-5,7-8,14-16H,1-2,6,9-13H2,(H2,28,29,30,31). The van der Waals surface area contributed by atoms with E-state index in [1.807, 2.05) is 42.5 Å². The molecule has 0 unspecified atom stereocenters. The Morgan fingerprint density at radius 3 is 2.65 bits per heavy atom. The number of nitrogens with zero attached hydrogens (tertiary/aromatic N) is 8. The number of pyridine rings is 1. The van der Waals surface area contributed by atoms with Crippen molar-refractivity contribution in [3.63, 3.8) is 0 Å². The Bertz CT molecular complexity index is 1450. The Morgan fingerprint density at radius 2 is 1.84 bits per heavy atom. The molecule has 0 amide bonds. The Balaban J connectivity index is 1.36. The van der Waals surface area contributed by atoms with Gasteiger partial charge in [0.15, 0.2) is 11.5 Å². The maximum Gasteiger partial charge on any atom is 0.165 e. The van der Waals surface area contributed by atoms with Crippen LogP contribution in [0.15, 0.2) is 58.4 Å². The van der Waals surface area contributed by atoms with Gasteiger partial charge in [0, 0.05) is 17.4 Å². The highest BCUT2D eigenvalue weighted by molar-refractivity contribution is 9.10. The first-order chi connectivity index (χ1) is 18.2. The number of nitrogen functional groups attached to an aromatic ring is 1. The van der Waals surface area contributed by atoms with E-state index in [4.69, 9.17) is 20.6 Å². The highest BCUT2D eigenvalue weighted by Gasteiger charge is 2.22. The zero-order valence-corrected chi connectivity index (χ0v) is 21.8. The van der Waals surface area contributed by atoms with Crippen molar-refractivity contribution < 1.29 is 4.74 Å². The van der Waals surface area contributed by atoms with Crippen LogP contribution in [0.4, 0.5) is 11.6 Å². The van der Waals surface area contributed by atoms with Gasteiger partial charge < -0.3 is 15.4 Å². The highest BCUT2D eigenvalue weighted by Crippen LogP contribution is 2.34. The van der Waals surface area contributed by atoms with Crippen molar-refractivity contribution in [2.75, 3.05) is 43.5 Å². The molecule has 11 heteroatoms. The summed E-state index contributed by atoms with van der Waals surface area (Å²) in [4.78, 5) is 15.5. The minimum Gasteiger partial charge on any atom is -0.383 e. The van der Waals surface area contributed by atoms with Crippen molar-refractivity contribution >= 4 is 44.4 Å². The van der Waals surface area contributed by atoms with Gasteiger partial charge in [-0.05, 0) is 54.3 Å². The van der Waals surface area contributed by atoms with Gasteiger partial charge in [-0.3, -0.25) is 5.01 Å². The molecule has 6 rings (SSSR count). The molecule has 188 valence electrons. The van der Waals surface area contributed by atoms with E-state index in [0.29, 0.717) is 41.5 Å². The van der Waals surface area contributed by atoms with Crippen molar-refractivity contribution in [1.29, 1.82) is 0 Å². The first-order valence-electron chi connectivity index (χ1n) is 12.3. The summed E-state index contributed by atoms with van der Waals surface area (Å²) < 4.78 is 6.43. The van der Waals surface area contributed by atoms with Crippen molar-refractivity contribution in [2.24, 2.45) is 5.10 Å². The van der Waals surface area contributed by atoms with Crippen LogP contribution in [0.25, 0.3) is 33.5 Å². The van der Waals surface area contributed by atoms with E-state index in [-0.39, 0.29) is 0 Å². The second kappa shape index (κ2) is 10.3. The normalized spacial score (nSPS) is 17.5. The smallest absolute Gasteiger partial charge is 0.165 e. The number of hydrogen-bond donors (Lipinski definition) is 1. The lowest BCUT2D eigenvalue weighted by Crippen LogP contribution is -2.40. The van der Waals surface area contributed by atoms with E-state index in [1.165, 1.54) is 6.33 Å². The van der Waals surface area contributed by atoms with Crippen molar-refractivity contribution in [1.82, 2.24) is 30.2 Å². The Labute approximate surface area is 222 Å². The monoisotopic (exact) mass is 559 g/mol. The molecule has 0 spiro atoms. The van der Waals surface area contributed by atoms with Crippen molar-refractivity contribution in [2.45, 2.75) is 19.3 Å². The zero-order valence-electron chi connectivity index (χ0n) is 20.2. The van der Waals surface area contributed by atoms with Crippen LogP contribution in [0.5, 0.6) is 0 Å². The lowest BCUT2D eigenvalue weighted by molar-refractivity contribution is 0.0391. The number of nitrogens with two attached hydrogens (primary N) is 1. The molecule has 3 aromatic heterocycles. The van der Waals surface area contributed by atoms with Gasteiger partial charge >= 0.3 is 0 Å². The number of piperidine rings is 1. The number of morpholine rings is 1. The average molecular weight is 560 g/mol. The molecule has 10 nitrogen and oxygen atoms in total. The Hall–Kier alpha value is -3.70. The summed E-state index contributed by atoms with van der Waals surface area (Å²) in [5, 5.41) is 16.9. The number of amidine groups is 1. The van der Waals surface area contributed by atoms with Crippen LogP contribution < -0.4 is 10.6 Å². The quantitative estimate of drug-likeness (QED) is 0.393. The summed E-state index contributed by atoms with van der Waals surface area (Å²) in [6.07, 6.45) is 4.56. The van der Waals surface area contributed by atoms with E-state index >= 15 is 0 Å². The first-order valence-corrected chi connectivity index (χ1v) is 13.1. The van der Waals surface area contributed by atoms with Crippen LogP contribution in [0.3, 0.4) is 0 Å². The van der Waals surface area contributed by atoms with Gasteiger partial charge in [-0.15, -0.1) is 10.2 Å². The molecule has 2 aliphatic heterocycles. The number of fused-ring (bicyclic) bond motifs is 1. The van der Waals surface area contributed by atoms with Crippen molar-refractivity contribution in [3.05, 3.63) is 53.3 Å². The fourth-order valence-corrected chi connectivity index (χ4v) is 5.09. The zero-order chi connectivity index (χ0) is 25.2. The van der Waals surface area contributed by atoms with Gasteiger partial charge in [0.25, 0.3) is 0 Å². The van der Waals surface area contributed by atoms with Crippen LogP contribution in [0.1, 0.15) is 19.3 Å². The highest BCUT2D eigenvalue weighted by atomic mass is 79.9. The number of anilines is 2. The predicted molar refractivity (Wildman–Crippen MR) is 147 cm³/mol. The van der Waals surface area contributed by atoms with Gasteiger partial charge in [0.05, 0.1) is 37.4 Å². The fraction of sp³-hybridized carbons (Fsp3) is 0.308. The van der Waals surface area contributed by atoms with Crippen LogP contribution in [-0.2, 0) is 4.74 Å². The summed E-state index contributed by atoms with van der Waals surface area (Å²) in [6.45, 7) is 3.91. The third kappa shape index (κ3) is 4.96. The predicted octanol–water partition coefficient (Wildman–Crippen LogP) is 4.13. The molecule has 1 aromatic carbocycles. The Morgan fingerprint density at radius 1 is 0.946 bits per heavy atom. The van der Waals surface area contributed by atoms with E-state index in [9.17, 15) is 0 Å². The molecule has 2 aliphatic rings. The lowest BCUT2D eigenvalue weighted by atomic mass is 10.0. The van der Waals surface area contributed by atoms with Crippen LogP contribution in [-0.4, -0.2) is 68.8 Å². The summed E-state index contributed by atoms with van der Waals surface area (Å²) in [7, 11) is 0. The van der Waals surface area contributed by atoms with Crippen LogP contribution in [0.2, 0.25) is 0 Å². The number of rotatable bonds is 4. The second-order valence-corrected chi connectivity index (χ2v) is 9.91. The number of hydrazone groups is 1. The molecule has 5 heterocycles. The minimum atomic E-state index is 0.387. The summed E-state index contributed by atoms with van der Waals surface area (Å²) in [5.41, 5.74) is 9.95. The number of ether oxygens (including phenoxy) is 1. The lowest BCUT2D eigenvalue weighted by Gasteiger charge is -2.32. The fourth-order valence-electron chi connectivity index (χ4n) is 4.69. The number of halogens is 1. The molecule has 0 saturated carbocycles. The largest absolute Gasteiger partial charge is 0.383 e. The molecule has 2 fully saturated rings. The van der Waals surface area contributed by atoms with E-state index in [1.54, 1.807) is 0 Å². The molecule has 0 aliphatic carbocycles. The van der Waals surface area contributed by atoms with E-state index < -0.39 is 0 Å². The van der Waals surface area contributed by atoms with Crippen molar-refractivity contribution in [3.8, 4) is 22.5 Å². The van der Waals surface area contributed by atoms with Gasteiger partial charge in [-0.2, -0.15) is 5.10 Å². The second-order valence-electron chi connectivity index (χ2n) is 8.99. The van der Waals surface area contributed by atoms with Gasteiger partial charge in [-0.1, -0.05) is 28.1 Å². The number of aromatic nitrogens is 5. The van der Waals surface area contributed by atoms with E-state index in [0.717, 1.165) is 66.1 Å². The molecule has 2 N–H and O–H groups in total. The first kappa shape index (κ1) is 23.7. The third-order valence-electron chi connectivity index (χ3n) is 6.55. The average Bonchev–Trinajstić information content (AvgIpc) is 2.94. The topological polar surface area (TPSA) is 119 Å². The van der Waals surface area contributed by atoms with Crippen LogP contribution >= 0.6 is 15.9 Å². The number of hydrogen-bond acceptors (Lipinski definition) is 9. The molecule has 2 saturated heterocycles. The van der Waals surface area contributed by atoms with Gasteiger partial charge in [0.1, 0.15) is 23.7 Å². The maximum atomic E-state index is 6.25. The Kier molecular flexibility index (Phi) is 6.62. The molecule has 0 atom stereocenters. The minimum absolute atomic E-state index is 0.387. The SMILES string of the molecule is Nc1ncnc2nc(-c3ccc(N4CCCCC4=NN4CCOCC4)nn3)cc(-c3cccc(Br)c3)c12. The molecule has 37 heavy (non-hydrogen) atoms. The van der Waals surface area contributed by atoms with Gasteiger partial charge in [0.2, 0.25) is 0 Å². The van der Waals surface area contributed by atoms with Crippen LogP contribution in [0, 0.1) is 0 Å². The molecular weight excluding hydrogens is 534 g/mol. The molecule has 4 aromatic rings. The summed E-state index contributed by atoms with van der Waals surface area (Å²) in [5.74, 6) is 2.20. The van der Waals surface area contributed by atoms with Gasteiger partial charge in [-0.25, -0.2) is 15.0 Å². The third-order valence-corrected chi connectivity index (χ3v) is 7.04.